The summed E-state index contributed by atoms with van der Waals surface area (Å²) in [5.74, 6) is 0.450. The first-order valence-electron chi connectivity index (χ1n) is 8.72. The second-order valence-corrected chi connectivity index (χ2v) is 7.09. The van der Waals surface area contributed by atoms with Crippen LogP contribution in [0.2, 0.25) is 0 Å². The Balaban J connectivity index is 2.00. The molecule has 5 nitrogen and oxygen atoms in total. The number of phenols is 1. The number of carbonyl (C=O) groups excluding carboxylic acids is 1. The summed E-state index contributed by atoms with van der Waals surface area (Å²) in [6.07, 6.45) is 0. The normalized spacial score (nSPS) is 14.4. The third-order valence-electron chi connectivity index (χ3n) is 4.88. The number of aromatic hydroxyl groups is 1. The molecule has 0 spiro atoms. The fraction of sp³-hybridized carbons (Fsp3) is 0.381. The smallest absolute Gasteiger partial charge is 0.254 e. The molecule has 0 atom stereocenters. The standard InChI is InChI=1S/C21H25NO4/c1-14-7-5-6-8-17(14)15-11-16-13-22(20(24)21(2,3)25-4)9-10-26-19(16)18(23)12-15/h5-8,11-12,23H,9-10,13H2,1-4H3. The molecule has 138 valence electrons. The Kier molecular flexibility index (Phi) is 4.92. The number of nitrogens with zero attached hydrogens (tertiary/aromatic N) is 1. The molecule has 0 unspecified atom stereocenters. The predicted octanol–water partition coefficient (Wildman–Crippen LogP) is 3.51. The third kappa shape index (κ3) is 3.40. The molecule has 26 heavy (non-hydrogen) atoms. The molecule has 0 saturated heterocycles. The number of ether oxygens (including phenoxy) is 2. The first-order chi connectivity index (χ1) is 12.3. The first-order valence-corrected chi connectivity index (χ1v) is 8.72. The number of fused-ring (bicyclic) bond motifs is 1. The van der Waals surface area contributed by atoms with Crippen molar-refractivity contribution in [2.75, 3.05) is 20.3 Å². The van der Waals surface area contributed by atoms with Crippen LogP contribution < -0.4 is 4.74 Å². The van der Waals surface area contributed by atoms with Gasteiger partial charge >= 0.3 is 0 Å². The van der Waals surface area contributed by atoms with E-state index in [1.807, 2.05) is 37.3 Å². The van der Waals surface area contributed by atoms with Crippen molar-refractivity contribution in [3.8, 4) is 22.6 Å². The van der Waals surface area contributed by atoms with E-state index in [2.05, 4.69) is 0 Å². The van der Waals surface area contributed by atoms with E-state index >= 15 is 0 Å². The maximum atomic E-state index is 12.8. The number of carbonyl (C=O) groups is 1. The number of benzene rings is 2. The molecule has 1 N–H and O–H groups in total. The van der Waals surface area contributed by atoms with Gasteiger partial charge in [0.15, 0.2) is 11.5 Å². The van der Waals surface area contributed by atoms with Gasteiger partial charge in [-0.25, -0.2) is 0 Å². The van der Waals surface area contributed by atoms with Gasteiger partial charge in [-0.15, -0.1) is 0 Å². The summed E-state index contributed by atoms with van der Waals surface area (Å²) in [5, 5.41) is 10.5. The van der Waals surface area contributed by atoms with Crippen molar-refractivity contribution in [3.05, 3.63) is 47.5 Å². The van der Waals surface area contributed by atoms with Gasteiger partial charge in [0.1, 0.15) is 12.2 Å². The highest BCUT2D eigenvalue weighted by molar-refractivity contribution is 5.84. The molecule has 1 aliphatic heterocycles. The Morgan fingerprint density at radius 2 is 2.00 bits per heavy atom. The van der Waals surface area contributed by atoms with E-state index in [4.69, 9.17) is 9.47 Å². The summed E-state index contributed by atoms with van der Waals surface area (Å²) in [6, 6.07) is 11.7. The zero-order valence-corrected chi connectivity index (χ0v) is 15.7. The van der Waals surface area contributed by atoms with Gasteiger partial charge in [-0.2, -0.15) is 0 Å². The van der Waals surface area contributed by atoms with Crippen LogP contribution in [0.4, 0.5) is 0 Å². The Hall–Kier alpha value is -2.53. The molecular weight excluding hydrogens is 330 g/mol. The van der Waals surface area contributed by atoms with Crippen molar-refractivity contribution in [1.82, 2.24) is 4.90 Å². The largest absolute Gasteiger partial charge is 0.504 e. The Bertz CT molecular complexity index is 829. The lowest BCUT2D eigenvalue weighted by Gasteiger charge is -2.29. The third-order valence-corrected chi connectivity index (χ3v) is 4.88. The number of hydrogen-bond acceptors (Lipinski definition) is 4. The predicted molar refractivity (Wildman–Crippen MR) is 100 cm³/mol. The Morgan fingerprint density at radius 1 is 1.27 bits per heavy atom. The Labute approximate surface area is 154 Å². The maximum absolute atomic E-state index is 12.8. The van der Waals surface area contributed by atoms with Crippen LogP contribution in [-0.4, -0.2) is 41.8 Å². The van der Waals surface area contributed by atoms with Crippen LogP contribution in [0.1, 0.15) is 25.0 Å². The van der Waals surface area contributed by atoms with Crippen LogP contribution in [0.5, 0.6) is 11.5 Å². The van der Waals surface area contributed by atoms with E-state index in [1.165, 1.54) is 7.11 Å². The highest BCUT2D eigenvalue weighted by Gasteiger charge is 2.33. The van der Waals surface area contributed by atoms with Gasteiger partial charge in [0, 0.05) is 19.2 Å². The molecule has 1 amide bonds. The molecule has 2 aromatic carbocycles. The van der Waals surface area contributed by atoms with Gasteiger partial charge in [-0.05, 0) is 49.6 Å². The average Bonchev–Trinajstić information content (AvgIpc) is 2.84. The fourth-order valence-electron chi connectivity index (χ4n) is 3.19. The average molecular weight is 355 g/mol. The van der Waals surface area contributed by atoms with Gasteiger partial charge in [0.2, 0.25) is 0 Å². The SMILES string of the molecule is COC(C)(C)C(=O)N1CCOc2c(O)cc(-c3ccccc3C)cc2C1. The second kappa shape index (κ2) is 7.00. The van der Waals surface area contributed by atoms with E-state index in [0.29, 0.717) is 25.4 Å². The molecule has 0 fully saturated rings. The Morgan fingerprint density at radius 3 is 2.69 bits per heavy atom. The summed E-state index contributed by atoms with van der Waals surface area (Å²) in [6.45, 7) is 6.68. The van der Waals surface area contributed by atoms with Crippen molar-refractivity contribution < 1.29 is 19.4 Å². The molecule has 1 aliphatic rings. The van der Waals surface area contributed by atoms with E-state index in [1.54, 1.807) is 24.8 Å². The number of phenolic OH excluding ortho intramolecular Hbond substituents is 1. The highest BCUT2D eigenvalue weighted by Crippen LogP contribution is 2.38. The van der Waals surface area contributed by atoms with Gasteiger partial charge in [0.05, 0.1) is 6.54 Å². The van der Waals surface area contributed by atoms with Gasteiger partial charge in [0.25, 0.3) is 5.91 Å². The summed E-state index contributed by atoms with van der Waals surface area (Å²) < 4.78 is 11.1. The summed E-state index contributed by atoms with van der Waals surface area (Å²) in [7, 11) is 1.53. The monoisotopic (exact) mass is 355 g/mol. The summed E-state index contributed by atoms with van der Waals surface area (Å²) in [4.78, 5) is 14.5. The topological polar surface area (TPSA) is 59.0 Å². The van der Waals surface area contributed by atoms with E-state index in [-0.39, 0.29) is 11.7 Å². The lowest BCUT2D eigenvalue weighted by Crippen LogP contribution is -2.46. The number of hydrogen-bond donors (Lipinski definition) is 1. The molecule has 3 rings (SSSR count). The first kappa shape index (κ1) is 18.3. The fourth-order valence-corrected chi connectivity index (χ4v) is 3.19. The van der Waals surface area contributed by atoms with E-state index in [0.717, 1.165) is 22.3 Å². The lowest BCUT2D eigenvalue weighted by molar-refractivity contribution is -0.151. The molecule has 0 bridgehead atoms. The van der Waals surface area contributed by atoms with Gasteiger partial charge in [-0.1, -0.05) is 24.3 Å². The number of amides is 1. The van der Waals surface area contributed by atoms with Crippen LogP contribution >= 0.6 is 0 Å². The van der Waals surface area contributed by atoms with Gasteiger partial charge in [-0.3, -0.25) is 4.79 Å². The van der Waals surface area contributed by atoms with Gasteiger partial charge < -0.3 is 19.5 Å². The van der Waals surface area contributed by atoms with E-state index < -0.39 is 5.60 Å². The zero-order valence-electron chi connectivity index (χ0n) is 15.7. The summed E-state index contributed by atoms with van der Waals surface area (Å²) >= 11 is 0. The van der Waals surface area contributed by atoms with Crippen LogP contribution in [0.15, 0.2) is 36.4 Å². The minimum absolute atomic E-state index is 0.0982. The van der Waals surface area contributed by atoms with Crippen molar-refractivity contribution in [2.24, 2.45) is 0 Å². The minimum atomic E-state index is -0.903. The molecule has 0 aliphatic carbocycles. The quantitative estimate of drug-likeness (QED) is 0.915. The molecule has 0 saturated carbocycles. The molecule has 0 radical (unpaired) electrons. The van der Waals surface area contributed by atoms with Crippen LogP contribution in [-0.2, 0) is 16.1 Å². The number of rotatable bonds is 3. The number of aryl methyl sites for hydroxylation is 1. The van der Waals surface area contributed by atoms with Crippen molar-refractivity contribution in [3.63, 3.8) is 0 Å². The summed E-state index contributed by atoms with van der Waals surface area (Å²) in [5.41, 5.74) is 2.96. The molecule has 0 aromatic heterocycles. The minimum Gasteiger partial charge on any atom is -0.504 e. The van der Waals surface area contributed by atoms with Crippen LogP contribution in [0.3, 0.4) is 0 Å². The molecule has 2 aromatic rings. The zero-order chi connectivity index (χ0) is 18.9. The van der Waals surface area contributed by atoms with Crippen molar-refractivity contribution >= 4 is 5.91 Å². The second-order valence-electron chi connectivity index (χ2n) is 7.09. The van der Waals surface area contributed by atoms with Crippen LogP contribution in [0, 0.1) is 6.92 Å². The lowest BCUT2D eigenvalue weighted by atomic mass is 9.97. The maximum Gasteiger partial charge on any atom is 0.254 e. The number of methoxy groups -OCH3 is 1. The van der Waals surface area contributed by atoms with Crippen molar-refractivity contribution in [1.29, 1.82) is 0 Å². The molecular formula is C21H25NO4. The van der Waals surface area contributed by atoms with Crippen LogP contribution in [0.25, 0.3) is 11.1 Å². The van der Waals surface area contributed by atoms with E-state index in [9.17, 15) is 9.90 Å². The molecule has 1 heterocycles. The molecule has 5 heteroatoms. The highest BCUT2D eigenvalue weighted by atomic mass is 16.5. The van der Waals surface area contributed by atoms with Crippen molar-refractivity contribution in [2.45, 2.75) is 32.9 Å².